The fraction of sp³-hybridized carbons (Fsp3) is 0.333. The van der Waals surface area contributed by atoms with Gasteiger partial charge in [0.2, 0.25) is 0 Å². The number of aromatic nitrogens is 3. The van der Waals surface area contributed by atoms with E-state index >= 15 is 0 Å². The molecule has 0 spiro atoms. The van der Waals surface area contributed by atoms with Crippen molar-refractivity contribution >= 4 is 22.9 Å². The summed E-state index contributed by atoms with van der Waals surface area (Å²) in [5, 5.41) is 2.76. The highest BCUT2D eigenvalue weighted by Crippen LogP contribution is 2.15. The van der Waals surface area contributed by atoms with E-state index in [9.17, 15) is 4.79 Å². The average molecular weight is 262 g/mol. The molecule has 0 radical (unpaired) electrons. The summed E-state index contributed by atoms with van der Waals surface area (Å²) in [6.07, 6.45) is 3.24. The van der Waals surface area contributed by atoms with Gasteiger partial charge in [-0.1, -0.05) is 13.8 Å². The smallest absolute Gasteiger partial charge is 0.267 e. The summed E-state index contributed by atoms with van der Waals surface area (Å²) < 4.78 is 0. The van der Waals surface area contributed by atoms with Crippen LogP contribution >= 0.6 is 11.3 Å². The van der Waals surface area contributed by atoms with Gasteiger partial charge in [0.25, 0.3) is 5.91 Å². The number of nitrogens with one attached hydrogen (secondary N) is 1. The van der Waals surface area contributed by atoms with Gasteiger partial charge in [0.1, 0.15) is 10.7 Å². The van der Waals surface area contributed by atoms with Crippen LogP contribution in [0.5, 0.6) is 0 Å². The fourth-order valence-corrected chi connectivity index (χ4v) is 2.11. The molecule has 2 rings (SSSR count). The zero-order chi connectivity index (χ0) is 13.1. The van der Waals surface area contributed by atoms with Crippen molar-refractivity contribution < 1.29 is 4.79 Å². The number of anilines is 1. The van der Waals surface area contributed by atoms with Crippen LogP contribution in [0.2, 0.25) is 0 Å². The minimum Gasteiger partial charge on any atom is -0.319 e. The number of hydrogen-bond acceptors (Lipinski definition) is 5. The summed E-state index contributed by atoms with van der Waals surface area (Å²) in [5.41, 5.74) is 2.98. The van der Waals surface area contributed by atoms with Gasteiger partial charge >= 0.3 is 0 Å². The van der Waals surface area contributed by atoms with E-state index in [-0.39, 0.29) is 11.8 Å². The van der Waals surface area contributed by atoms with Crippen LogP contribution in [0.15, 0.2) is 17.9 Å². The Morgan fingerprint density at radius 1 is 1.28 bits per heavy atom. The van der Waals surface area contributed by atoms with Crippen LogP contribution < -0.4 is 5.32 Å². The number of carbonyl (C=O) groups excluding carboxylic acids is 1. The largest absolute Gasteiger partial charge is 0.319 e. The number of carbonyl (C=O) groups is 1. The Morgan fingerprint density at radius 3 is 2.44 bits per heavy atom. The first kappa shape index (κ1) is 12.6. The molecule has 1 N–H and O–H groups in total. The van der Waals surface area contributed by atoms with E-state index in [4.69, 9.17) is 0 Å². The molecule has 0 unspecified atom stereocenters. The first-order valence-corrected chi connectivity index (χ1v) is 6.49. The molecule has 0 atom stereocenters. The van der Waals surface area contributed by atoms with Crippen LogP contribution in [0.3, 0.4) is 0 Å². The molecule has 2 heterocycles. The van der Waals surface area contributed by atoms with E-state index < -0.39 is 0 Å². The lowest BCUT2D eigenvalue weighted by molar-refractivity contribution is 0.102. The molecule has 0 saturated carbocycles. The van der Waals surface area contributed by atoms with Gasteiger partial charge in [-0.05, 0) is 6.92 Å². The SMILES string of the molecule is Cc1ncsc1C(=O)Nc1cnc(C(C)C)nc1. The molecule has 2 aromatic heterocycles. The molecular formula is C12H14N4OS. The number of rotatable bonds is 3. The molecule has 0 aliphatic heterocycles. The summed E-state index contributed by atoms with van der Waals surface area (Å²) >= 11 is 1.32. The van der Waals surface area contributed by atoms with Crippen LogP contribution in [0.1, 0.15) is 41.0 Å². The Kier molecular flexibility index (Phi) is 3.66. The van der Waals surface area contributed by atoms with Gasteiger partial charge in [0, 0.05) is 5.92 Å². The summed E-state index contributed by atoms with van der Waals surface area (Å²) in [5.74, 6) is 0.872. The van der Waals surface area contributed by atoms with Crippen molar-refractivity contribution in [2.45, 2.75) is 26.7 Å². The fourth-order valence-electron chi connectivity index (χ4n) is 1.41. The molecule has 0 fully saturated rings. The first-order valence-electron chi connectivity index (χ1n) is 5.61. The van der Waals surface area contributed by atoms with E-state index in [1.54, 1.807) is 17.9 Å². The van der Waals surface area contributed by atoms with Gasteiger partial charge in [-0.15, -0.1) is 11.3 Å². The highest BCUT2D eigenvalue weighted by Gasteiger charge is 2.12. The molecule has 0 aromatic carbocycles. The number of hydrogen-bond donors (Lipinski definition) is 1. The third-order valence-electron chi connectivity index (χ3n) is 2.40. The second kappa shape index (κ2) is 5.22. The maximum absolute atomic E-state index is 11.9. The lowest BCUT2D eigenvalue weighted by Crippen LogP contribution is -2.12. The van der Waals surface area contributed by atoms with E-state index in [0.29, 0.717) is 10.6 Å². The van der Waals surface area contributed by atoms with Crippen molar-refractivity contribution in [2.75, 3.05) is 5.32 Å². The van der Waals surface area contributed by atoms with Crippen LogP contribution in [-0.2, 0) is 0 Å². The molecule has 2 aromatic rings. The van der Waals surface area contributed by atoms with E-state index in [1.165, 1.54) is 11.3 Å². The summed E-state index contributed by atoms with van der Waals surface area (Å²) in [6, 6.07) is 0. The van der Waals surface area contributed by atoms with Gasteiger partial charge in [-0.2, -0.15) is 0 Å². The highest BCUT2D eigenvalue weighted by molar-refractivity contribution is 7.12. The molecule has 94 valence electrons. The molecule has 5 nitrogen and oxygen atoms in total. The van der Waals surface area contributed by atoms with Gasteiger partial charge in [0.15, 0.2) is 0 Å². The molecule has 18 heavy (non-hydrogen) atoms. The van der Waals surface area contributed by atoms with Crippen molar-refractivity contribution in [3.8, 4) is 0 Å². The highest BCUT2D eigenvalue weighted by atomic mass is 32.1. The van der Waals surface area contributed by atoms with Crippen LogP contribution in [0.4, 0.5) is 5.69 Å². The Labute approximate surface area is 109 Å². The van der Waals surface area contributed by atoms with Gasteiger partial charge in [-0.25, -0.2) is 15.0 Å². The van der Waals surface area contributed by atoms with Crippen LogP contribution in [0.25, 0.3) is 0 Å². The molecule has 6 heteroatoms. The average Bonchev–Trinajstić information content (AvgIpc) is 2.76. The zero-order valence-electron chi connectivity index (χ0n) is 10.5. The monoisotopic (exact) mass is 262 g/mol. The normalized spacial score (nSPS) is 10.7. The second-order valence-corrected chi connectivity index (χ2v) is 5.06. The molecule has 0 aliphatic rings. The van der Waals surface area contributed by atoms with Crippen molar-refractivity contribution in [2.24, 2.45) is 0 Å². The minimum atomic E-state index is -0.170. The summed E-state index contributed by atoms with van der Waals surface area (Å²) in [6.45, 7) is 5.85. The predicted octanol–water partition coefficient (Wildman–Crippen LogP) is 2.62. The third-order valence-corrected chi connectivity index (χ3v) is 3.33. The third kappa shape index (κ3) is 2.70. The Morgan fingerprint density at radius 2 is 1.94 bits per heavy atom. The molecule has 0 saturated heterocycles. The number of thiazole rings is 1. The number of amides is 1. The summed E-state index contributed by atoms with van der Waals surface area (Å²) in [7, 11) is 0. The van der Waals surface area contributed by atoms with Gasteiger partial charge in [0.05, 0.1) is 29.3 Å². The zero-order valence-corrected chi connectivity index (χ0v) is 11.3. The first-order chi connectivity index (χ1) is 8.58. The van der Waals surface area contributed by atoms with Crippen LogP contribution in [0, 0.1) is 6.92 Å². The van der Waals surface area contributed by atoms with E-state index in [2.05, 4.69) is 20.3 Å². The van der Waals surface area contributed by atoms with Crippen LogP contribution in [-0.4, -0.2) is 20.9 Å². The van der Waals surface area contributed by atoms with Crippen molar-refractivity contribution in [3.05, 3.63) is 34.3 Å². The Balaban J connectivity index is 2.10. The molecule has 0 bridgehead atoms. The van der Waals surface area contributed by atoms with E-state index in [1.807, 2.05) is 20.8 Å². The van der Waals surface area contributed by atoms with Crippen molar-refractivity contribution in [1.29, 1.82) is 0 Å². The minimum absolute atomic E-state index is 0.170. The maximum atomic E-state index is 11.9. The van der Waals surface area contributed by atoms with Crippen molar-refractivity contribution in [1.82, 2.24) is 15.0 Å². The topological polar surface area (TPSA) is 67.8 Å². The summed E-state index contributed by atoms with van der Waals surface area (Å²) in [4.78, 5) is 25.0. The molecule has 1 amide bonds. The lowest BCUT2D eigenvalue weighted by Gasteiger charge is -2.06. The number of nitrogens with zero attached hydrogens (tertiary/aromatic N) is 3. The maximum Gasteiger partial charge on any atom is 0.267 e. The van der Waals surface area contributed by atoms with Gasteiger partial charge < -0.3 is 5.32 Å². The molecule has 0 aliphatic carbocycles. The number of aryl methyl sites for hydroxylation is 1. The molecular weight excluding hydrogens is 248 g/mol. The Hall–Kier alpha value is -1.82. The standard InChI is InChI=1S/C12H14N4OS/c1-7(2)11-13-4-9(5-14-11)16-12(17)10-8(3)15-6-18-10/h4-7H,1-3H3,(H,16,17). The van der Waals surface area contributed by atoms with E-state index in [0.717, 1.165) is 11.5 Å². The van der Waals surface area contributed by atoms with Gasteiger partial charge in [-0.3, -0.25) is 4.79 Å². The second-order valence-electron chi connectivity index (χ2n) is 4.21. The van der Waals surface area contributed by atoms with Crippen molar-refractivity contribution in [3.63, 3.8) is 0 Å². The predicted molar refractivity (Wildman–Crippen MR) is 70.9 cm³/mol. The lowest BCUT2D eigenvalue weighted by atomic mass is 10.2. The quantitative estimate of drug-likeness (QED) is 0.923. The Bertz CT molecular complexity index is 547.